The standard InChI is InChI=1S/C25H31N5O3/c1-32-23-15-19-20(21-14-18-4-3-5-26-25(18)27-21)17-30(22(19)16-24(23)33-2)11-10-28-6-8-29(9-7-28)12-13-31/h3-5,14-17,31H,6-13H2,1-2H3,(H,26,27). The minimum absolute atomic E-state index is 0.229. The molecule has 8 heteroatoms. The number of aromatic amines is 1. The second-order valence-electron chi connectivity index (χ2n) is 8.49. The molecule has 4 aromatic rings. The van der Waals surface area contributed by atoms with Crippen LogP contribution in [-0.4, -0.2) is 89.5 Å². The number of aliphatic hydroxyl groups is 1. The maximum atomic E-state index is 9.18. The lowest BCUT2D eigenvalue weighted by Crippen LogP contribution is -2.47. The third-order valence-corrected chi connectivity index (χ3v) is 6.61. The smallest absolute Gasteiger partial charge is 0.162 e. The summed E-state index contributed by atoms with van der Waals surface area (Å²) in [5.41, 5.74) is 4.16. The van der Waals surface area contributed by atoms with Gasteiger partial charge in [-0.1, -0.05) is 0 Å². The second kappa shape index (κ2) is 9.43. The molecular formula is C25H31N5O3. The first-order valence-corrected chi connectivity index (χ1v) is 11.4. The molecule has 3 aromatic heterocycles. The van der Waals surface area contributed by atoms with Crippen molar-refractivity contribution in [1.82, 2.24) is 24.3 Å². The lowest BCUT2D eigenvalue weighted by molar-refractivity contribution is 0.110. The fourth-order valence-electron chi connectivity index (χ4n) is 4.75. The molecule has 2 N–H and O–H groups in total. The van der Waals surface area contributed by atoms with Crippen molar-refractivity contribution in [2.24, 2.45) is 0 Å². The van der Waals surface area contributed by atoms with Crippen molar-refractivity contribution in [3.8, 4) is 22.8 Å². The number of ether oxygens (including phenoxy) is 2. The molecule has 8 nitrogen and oxygen atoms in total. The van der Waals surface area contributed by atoms with Crippen molar-refractivity contribution in [2.45, 2.75) is 6.54 Å². The zero-order valence-corrected chi connectivity index (χ0v) is 19.3. The highest BCUT2D eigenvalue weighted by atomic mass is 16.5. The van der Waals surface area contributed by atoms with E-state index in [1.54, 1.807) is 20.4 Å². The van der Waals surface area contributed by atoms with Crippen LogP contribution in [0.15, 0.2) is 42.7 Å². The van der Waals surface area contributed by atoms with E-state index in [0.717, 1.165) is 90.5 Å². The molecule has 0 amide bonds. The summed E-state index contributed by atoms with van der Waals surface area (Å²) in [5, 5.41) is 11.4. The Hall–Kier alpha value is -3.07. The van der Waals surface area contributed by atoms with Gasteiger partial charge in [0, 0.05) is 86.3 Å². The topological polar surface area (TPSA) is 78.8 Å². The van der Waals surface area contributed by atoms with Gasteiger partial charge in [-0.05, 0) is 24.3 Å². The van der Waals surface area contributed by atoms with Gasteiger partial charge in [0.1, 0.15) is 5.65 Å². The number of aromatic nitrogens is 3. The number of fused-ring (bicyclic) bond motifs is 2. The first-order chi connectivity index (χ1) is 16.2. The van der Waals surface area contributed by atoms with Gasteiger partial charge in [0.2, 0.25) is 0 Å². The number of nitrogens with zero attached hydrogens (tertiary/aromatic N) is 4. The normalized spacial score (nSPS) is 15.5. The fourth-order valence-corrected chi connectivity index (χ4v) is 4.75. The van der Waals surface area contributed by atoms with Crippen LogP contribution in [0.1, 0.15) is 0 Å². The monoisotopic (exact) mass is 449 g/mol. The van der Waals surface area contributed by atoms with Gasteiger partial charge in [0.05, 0.1) is 26.3 Å². The second-order valence-corrected chi connectivity index (χ2v) is 8.49. The summed E-state index contributed by atoms with van der Waals surface area (Å²) in [6, 6.07) is 10.3. The minimum atomic E-state index is 0.229. The number of methoxy groups -OCH3 is 2. The highest BCUT2D eigenvalue weighted by Crippen LogP contribution is 2.38. The lowest BCUT2D eigenvalue weighted by Gasteiger charge is -2.34. The molecule has 0 radical (unpaired) electrons. The first kappa shape index (κ1) is 21.8. The van der Waals surface area contributed by atoms with Gasteiger partial charge in [-0.3, -0.25) is 9.80 Å². The number of piperazine rings is 1. The van der Waals surface area contributed by atoms with E-state index < -0.39 is 0 Å². The summed E-state index contributed by atoms with van der Waals surface area (Å²) < 4.78 is 13.5. The third kappa shape index (κ3) is 4.29. The van der Waals surface area contributed by atoms with E-state index >= 15 is 0 Å². The Balaban J connectivity index is 1.47. The van der Waals surface area contributed by atoms with Crippen LogP contribution in [0.25, 0.3) is 33.2 Å². The molecule has 0 unspecified atom stereocenters. The quantitative estimate of drug-likeness (QED) is 0.431. The van der Waals surface area contributed by atoms with Crippen LogP contribution in [0.3, 0.4) is 0 Å². The van der Waals surface area contributed by atoms with Crippen molar-refractivity contribution >= 4 is 21.9 Å². The molecule has 4 heterocycles. The molecule has 174 valence electrons. The van der Waals surface area contributed by atoms with E-state index in [1.165, 1.54) is 0 Å². The van der Waals surface area contributed by atoms with Crippen LogP contribution in [0.5, 0.6) is 11.5 Å². The largest absolute Gasteiger partial charge is 0.493 e. The SMILES string of the molecule is COc1cc2c(-c3cc4cccnc4[nH]3)cn(CCN3CCN(CCO)CC3)c2cc1OC. The molecule has 1 aromatic carbocycles. The summed E-state index contributed by atoms with van der Waals surface area (Å²) in [5.74, 6) is 1.45. The average molecular weight is 450 g/mol. The predicted octanol–water partition coefficient (Wildman–Crippen LogP) is 2.81. The number of aliphatic hydroxyl groups excluding tert-OH is 1. The van der Waals surface area contributed by atoms with Gasteiger partial charge in [-0.2, -0.15) is 0 Å². The van der Waals surface area contributed by atoms with Crippen molar-refractivity contribution in [1.29, 1.82) is 0 Å². The number of hydrogen-bond acceptors (Lipinski definition) is 6. The van der Waals surface area contributed by atoms with Gasteiger partial charge in [0.25, 0.3) is 0 Å². The molecule has 0 saturated carbocycles. The van der Waals surface area contributed by atoms with E-state index in [0.29, 0.717) is 0 Å². The average Bonchev–Trinajstić information content (AvgIpc) is 3.44. The molecule has 1 aliphatic heterocycles. The van der Waals surface area contributed by atoms with Crippen LogP contribution in [0, 0.1) is 0 Å². The summed E-state index contributed by atoms with van der Waals surface area (Å²) in [4.78, 5) is 12.7. The molecule has 33 heavy (non-hydrogen) atoms. The molecule has 0 atom stereocenters. The molecule has 1 fully saturated rings. The summed E-state index contributed by atoms with van der Waals surface area (Å²) in [7, 11) is 3.34. The van der Waals surface area contributed by atoms with E-state index in [4.69, 9.17) is 9.47 Å². The number of pyridine rings is 1. The molecule has 5 rings (SSSR count). The van der Waals surface area contributed by atoms with Crippen LogP contribution in [-0.2, 0) is 6.54 Å². The molecule has 0 bridgehead atoms. The number of nitrogens with one attached hydrogen (secondary N) is 1. The third-order valence-electron chi connectivity index (χ3n) is 6.61. The fraction of sp³-hybridized carbons (Fsp3) is 0.400. The summed E-state index contributed by atoms with van der Waals surface area (Å²) >= 11 is 0. The molecule has 0 spiro atoms. The first-order valence-electron chi connectivity index (χ1n) is 11.4. The van der Waals surface area contributed by atoms with Gasteiger partial charge < -0.3 is 24.1 Å². The van der Waals surface area contributed by atoms with Gasteiger partial charge >= 0.3 is 0 Å². The Morgan fingerprint density at radius 2 is 1.70 bits per heavy atom. The van der Waals surface area contributed by atoms with Gasteiger partial charge in [0.15, 0.2) is 11.5 Å². The van der Waals surface area contributed by atoms with E-state index in [2.05, 4.69) is 54.8 Å². The van der Waals surface area contributed by atoms with Crippen molar-refractivity contribution in [2.75, 3.05) is 60.1 Å². The van der Waals surface area contributed by atoms with Crippen LogP contribution >= 0.6 is 0 Å². The number of rotatable bonds is 8. The van der Waals surface area contributed by atoms with E-state index in [1.807, 2.05) is 6.07 Å². The number of benzene rings is 1. The zero-order valence-electron chi connectivity index (χ0n) is 19.3. The van der Waals surface area contributed by atoms with Crippen molar-refractivity contribution in [3.63, 3.8) is 0 Å². The maximum absolute atomic E-state index is 9.18. The van der Waals surface area contributed by atoms with Gasteiger partial charge in [-0.25, -0.2) is 4.98 Å². The molecule has 1 aliphatic rings. The maximum Gasteiger partial charge on any atom is 0.162 e. The summed E-state index contributed by atoms with van der Waals surface area (Å²) in [6.45, 7) is 6.90. The van der Waals surface area contributed by atoms with Crippen LogP contribution in [0.2, 0.25) is 0 Å². The number of H-pyrrole nitrogens is 1. The lowest BCUT2D eigenvalue weighted by atomic mass is 10.1. The van der Waals surface area contributed by atoms with E-state index in [-0.39, 0.29) is 6.61 Å². The highest BCUT2D eigenvalue weighted by molar-refractivity contribution is 5.99. The van der Waals surface area contributed by atoms with E-state index in [9.17, 15) is 5.11 Å². The molecular weight excluding hydrogens is 418 g/mol. The highest BCUT2D eigenvalue weighted by Gasteiger charge is 2.19. The predicted molar refractivity (Wildman–Crippen MR) is 130 cm³/mol. The molecule has 0 aliphatic carbocycles. The minimum Gasteiger partial charge on any atom is -0.493 e. The Kier molecular flexibility index (Phi) is 6.22. The Morgan fingerprint density at radius 1 is 0.970 bits per heavy atom. The van der Waals surface area contributed by atoms with Crippen LogP contribution < -0.4 is 9.47 Å². The summed E-state index contributed by atoms with van der Waals surface area (Å²) in [6.07, 6.45) is 4.02. The number of hydrogen-bond donors (Lipinski definition) is 2. The zero-order chi connectivity index (χ0) is 22.8. The van der Waals surface area contributed by atoms with Crippen LogP contribution in [0.4, 0.5) is 0 Å². The molecule has 1 saturated heterocycles. The van der Waals surface area contributed by atoms with Crippen molar-refractivity contribution < 1.29 is 14.6 Å². The van der Waals surface area contributed by atoms with Gasteiger partial charge in [-0.15, -0.1) is 0 Å². The Morgan fingerprint density at radius 3 is 2.39 bits per heavy atom. The Labute approximate surface area is 193 Å². The van der Waals surface area contributed by atoms with Crippen molar-refractivity contribution in [3.05, 3.63) is 42.7 Å². The number of β-amino-alcohol motifs (C(OH)–C–C–N with tert-alkyl or cyclic N) is 1. The Bertz CT molecular complexity index is 1210.